The standard InChI is InChI=1S/C19H24F2N4O2S/c1-19(2,3)25-15-7-12(16(20)21)13(8-22-15)14-9-23-18(28-14)17(27)24-10-4-5-11(26)6-10/h7-11,16,26H,4-6H2,1-3H3,(H,22,25)(H,24,27)/t10-,11-/m1/s1. The monoisotopic (exact) mass is 410 g/mol. The molecule has 1 amide bonds. The average Bonchev–Trinajstić information content (AvgIpc) is 3.22. The van der Waals surface area contributed by atoms with Gasteiger partial charge in [0.1, 0.15) is 5.82 Å². The van der Waals surface area contributed by atoms with Gasteiger partial charge in [-0.15, -0.1) is 11.3 Å². The average molecular weight is 410 g/mol. The Balaban J connectivity index is 1.80. The van der Waals surface area contributed by atoms with Crippen LogP contribution < -0.4 is 10.6 Å². The van der Waals surface area contributed by atoms with Gasteiger partial charge in [-0.25, -0.2) is 18.7 Å². The SMILES string of the molecule is CC(C)(C)Nc1cc(C(F)F)c(-c2cnc(C(=O)N[C@@H]3CC[C@@H](O)C3)s2)cn1. The molecule has 0 spiro atoms. The van der Waals surface area contributed by atoms with E-state index in [4.69, 9.17) is 0 Å². The first-order valence-electron chi connectivity index (χ1n) is 9.14. The van der Waals surface area contributed by atoms with E-state index in [-0.39, 0.29) is 33.6 Å². The first-order chi connectivity index (χ1) is 13.1. The second-order valence-corrected chi connectivity index (χ2v) is 9.03. The third-order valence-corrected chi connectivity index (χ3v) is 5.41. The summed E-state index contributed by atoms with van der Waals surface area (Å²) < 4.78 is 27.2. The van der Waals surface area contributed by atoms with Gasteiger partial charge in [0.15, 0.2) is 5.01 Å². The molecule has 28 heavy (non-hydrogen) atoms. The summed E-state index contributed by atoms with van der Waals surface area (Å²) in [4.78, 5) is 21.1. The Hall–Kier alpha value is -2.13. The summed E-state index contributed by atoms with van der Waals surface area (Å²) in [6.45, 7) is 5.76. The van der Waals surface area contributed by atoms with Crippen LogP contribution in [0.1, 0.15) is 61.8 Å². The van der Waals surface area contributed by atoms with Crippen molar-refractivity contribution in [2.24, 2.45) is 0 Å². The Morgan fingerprint density at radius 3 is 2.64 bits per heavy atom. The minimum atomic E-state index is -2.68. The highest BCUT2D eigenvalue weighted by Gasteiger charge is 2.26. The van der Waals surface area contributed by atoms with Crippen LogP contribution in [0.4, 0.5) is 14.6 Å². The van der Waals surface area contributed by atoms with Gasteiger partial charge < -0.3 is 15.7 Å². The van der Waals surface area contributed by atoms with Crippen molar-refractivity contribution >= 4 is 23.1 Å². The molecule has 0 radical (unpaired) electrons. The lowest BCUT2D eigenvalue weighted by atomic mass is 10.1. The normalized spacial score (nSPS) is 19.8. The van der Waals surface area contributed by atoms with Crippen LogP contribution in [-0.2, 0) is 0 Å². The Morgan fingerprint density at radius 1 is 1.29 bits per heavy atom. The molecule has 2 aromatic heterocycles. The zero-order valence-corrected chi connectivity index (χ0v) is 16.8. The van der Waals surface area contributed by atoms with Crippen molar-refractivity contribution in [1.82, 2.24) is 15.3 Å². The Labute approximate surface area is 166 Å². The lowest BCUT2D eigenvalue weighted by molar-refractivity contribution is 0.0933. The number of hydrogen-bond donors (Lipinski definition) is 3. The molecule has 2 heterocycles. The number of nitrogens with zero attached hydrogens (tertiary/aromatic N) is 2. The highest BCUT2D eigenvalue weighted by atomic mass is 32.1. The van der Waals surface area contributed by atoms with E-state index in [9.17, 15) is 18.7 Å². The molecule has 0 aliphatic heterocycles. The summed E-state index contributed by atoms with van der Waals surface area (Å²) in [7, 11) is 0. The van der Waals surface area contributed by atoms with Gasteiger partial charge in [0, 0.05) is 35.1 Å². The first-order valence-corrected chi connectivity index (χ1v) is 9.95. The predicted molar refractivity (Wildman–Crippen MR) is 105 cm³/mol. The van der Waals surface area contributed by atoms with Crippen LogP contribution >= 0.6 is 11.3 Å². The Bertz CT molecular complexity index is 851. The number of aromatic nitrogens is 2. The number of hydrogen-bond acceptors (Lipinski definition) is 6. The van der Waals surface area contributed by atoms with Crippen LogP contribution in [-0.4, -0.2) is 38.7 Å². The molecule has 3 N–H and O–H groups in total. The van der Waals surface area contributed by atoms with Crippen molar-refractivity contribution in [3.05, 3.63) is 29.0 Å². The molecule has 2 aromatic rings. The number of alkyl halides is 2. The smallest absolute Gasteiger partial charge is 0.280 e. The number of aliphatic hydroxyl groups excluding tert-OH is 1. The van der Waals surface area contributed by atoms with Crippen molar-refractivity contribution in [1.29, 1.82) is 0 Å². The van der Waals surface area contributed by atoms with Gasteiger partial charge in [0.05, 0.1) is 11.0 Å². The number of pyridine rings is 1. The fraction of sp³-hybridized carbons (Fsp3) is 0.526. The fourth-order valence-corrected chi connectivity index (χ4v) is 4.00. The van der Waals surface area contributed by atoms with Crippen LogP contribution in [0.15, 0.2) is 18.5 Å². The lowest BCUT2D eigenvalue weighted by Crippen LogP contribution is -2.33. The third kappa shape index (κ3) is 5.02. The van der Waals surface area contributed by atoms with Gasteiger partial charge >= 0.3 is 0 Å². The van der Waals surface area contributed by atoms with Crippen LogP contribution in [0.2, 0.25) is 0 Å². The number of carbonyl (C=O) groups is 1. The van der Waals surface area contributed by atoms with Crippen molar-refractivity contribution in [2.45, 2.75) is 64.1 Å². The first kappa shape index (κ1) is 20.6. The van der Waals surface area contributed by atoms with E-state index in [0.717, 1.165) is 11.3 Å². The van der Waals surface area contributed by atoms with Gasteiger partial charge in [-0.2, -0.15) is 0 Å². The van der Waals surface area contributed by atoms with Crippen molar-refractivity contribution in [3.63, 3.8) is 0 Å². The molecule has 0 bridgehead atoms. The Kier molecular flexibility index (Phi) is 5.95. The molecule has 1 fully saturated rings. The highest BCUT2D eigenvalue weighted by Crippen LogP contribution is 2.35. The third-order valence-electron chi connectivity index (χ3n) is 4.38. The second-order valence-electron chi connectivity index (χ2n) is 8.00. The fourth-order valence-electron chi connectivity index (χ4n) is 3.15. The van der Waals surface area contributed by atoms with E-state index < -0.39 is 12.5 Å². The van der Waals surface area contributed by atoms with Crippen molar-refractivity contribution in [3.8, 4) is 10.4 Å². The molecule has 0 aromatic carbocycles. The van der Waals surface area contributed by atoms with E-state index in [1.807, 2.05) is 20.8 Å². The molecular formula is C19H24F2N4O2S. The Morgan fingerprint density at radius 2 is 2.04 bits per heavy atom. The minimum absolute atomic E-state index is 0.0871. The van der Waals surface area contributed by atoms with Gasteiger partial charge in [-0.05, 0) is 46.1 Å². The second kappa shape index (κ2) is 8.08. The van der Waals surface area contributed by atoms with Crippen molar-refractivity contribution in [2.75, 3.05) is 5.32 Å². The number of rotatable bonds is 5. The van der Waals surface area contributed by atoms with E-state index in [0.29, 0.717) is 30.0 Å². The number of nitrogens with one attached hydrogen (secondary N) is 2. The molecule has 3 rings (SSSR count). The molecule has 2 atom stereocenters. The maximum atomic E-state index is 13.6. The van der Waals surface area contributed by atoms with Crippen LogP contribution in [0.3, 0.4) is 0 Å². The van der Waals surface area contributed by atoms with Crippen LogP contribution in [0.5, 0.6) is 0 Å². The quantitative estimate of drug-likeness (QED) is 0.694. The molecule has 6 nitrogen and oxygen atoms in total. The molecule has 1 aliphatic rings. The van der Waals surface area contributed by atoms with Crippen LogP contribution in [0, 0.1) is 0 Å². The summed E-state index contributed by atoms with van der Waals surface area (Å²) in [6.07, 6.45) is 1.63. The molecule has 9 heteroatoms. The van der Waals surface area contributed by atoms with Gasteiger partial charge in [-0.3, -0.25) is 4.79 Å². The van der Waals surface area contributed by atoms with Crippen LogP contribution in [0.25, 0.3) is 10.4 Å². The van der Waals surface area contributed by atoms with E-state index in [1.165, 1.54) is 18.5 Å². The molecular weight excluding hydrogens is 386 g/mol. The number of anilines is 1. The molecule has 0 saturated heterocycles. The molecule has 1 saturated carbocycles. The number of aliphatic hydroxyl groups is 1. The maximum Gasteiger partial charge on any atom is 0.280 e. The topological polar surface area (TPSA) is 87.1 Å². The van der Waals surface area contributed by atoms with E-state index in [2.05, 4.69) is 20.6 Å². The van der Waals surface area contributed by atoms with Crippen molar-refractivity contribution < 1.29 is 18.7 Å². The summed E-state index contributed by atoms with van der Waals surface area (Å²) in [6, 6.07) is 1.25. The van der Waals surface area contributed by atoms with Gasteiger partial charge in [0.25, 0.3) is 12.3 Å². The molecule has 0 unspecified atom stereocenters. The number of carbonyl (C=O) groups excluding carboxylic acids is 1. The predicted octanol–water partition coefficient (Wildman–Crippen LogP) is 4.00. The number of amides is 1. The summed E-state index contributed by atoms with van der Waals surface area (Å²) in [5.74, 6) is 0.0155. The van der Waals surface area contributed by atoms with Gasteiger partial charge in [0.2, 0.25) is 0 Å². The summed E-state index contributed by atoms with van der Waals surface area (Å²) in [5, 5.41) is 15.7. The van der Waals surface area contributed by atoms with E-state index >= 15 is 0 Å². The number of thiazole rings is 1. The zero-order valence-electron chi connectivity index (χ0n) is 16.0. The summed E-state index contributed by atoms with van der Waals surface area (Å²) >= 11 is 1.05. The largest absolute Gasteiger partial charge is 0.393 e. The van der Waals surface area contributed by atoms with Gasteiger partial charge in [-0.1, -0.05) is 0 Å². The molecule has 1 aliphatic carbocycles. The number of halogens is 2. The maximum absolute atomic E-state index is 13.6. The lowest BCUT2D eigenvalue weighted by Gasteiger charge is -2.22. The summed E-state index contributed by atoms with van der Waals surface area (Å²) in [5.41, 5.74) is -0.198. The molecule has 152 valence electrons. The van der Waals surface area contributed by atoms with E-state index in [1.54, 1.807) is 0 Å². The minimum Gasteiger partial charge on any atom is -0.393 e. The highest BCUT2D eigenvalue weighted by molar-refractivity contribution is 7.17. The zero-order chi connectivity index (χ0) is 20.5.